The highest BCUT2D eigenvalue weighted by atomic mass is 19.1. The summed E-state index contributed by atoms with van der Waals surface area (Å²) in [6.07, 6.45) is 0.282. The van der Waals surface area contributed by atoms with E-state index in [2.05, 4.69) is 5.32 Å². The zero-order valence-corrected chi connectivity index (χ0v) is 11.0. The molecule has 0 aliphatic heterocycles. The molecule has 0 saturated carbocycles. The van der Waals surface area contributed by atoms with E-state index in [1.807, 2.05) is 0 Å². The summed E-state index contributed by atoms with van der Waals surface area (Å²) in [4.78, 5) is 21.0. The van der Waals surface area contributed by atoms with Gasteiger partial charge in [-0.25, -0.2) is 9.18 Å². The van der Waals surface area contributed by atoms with Gasteiger partial charge in [0.1, 0.15) is 11.5 Å². The number of nitro benzene ring substituents is 1. The summed E-state index contributed by atoms with van der Waals surface area (Å²) in [5.41, 5.74) is -2.03. The van der Waals surface area contributed by atoms with Gasteiger partial charge >= 0.3 is 5.97 Å². The quantitative estimate of drug-likeness (QED) is 0.544. The lowest BCUT2D eigenvalue weighted by molar-refractivity contribution is -0.384. The Kier molecular flexibility index (Phi) is 4.61. The van der Waals surface area contributed by atoms with E-state index in [9.17, 15) is 19.3 Å². The van der Waals surface area contributed by atoms with E-state index in [4.69, 9.17) is 10.2 Å². The molecular weight excluding hydrogens is 271 g/mol. The van der Waals surface area contributed by atoms with Crippen molar-refractivity contribution in [3.8, 4) is 0 Å². The van der Waals surface area contributed by atoms with Crippen LogP contribution in [-0.4, -0.2) is 33.3 Å². The van der Waals surface area contributed by atoms with Crippen molar-refractivity contribution in [2.75, 3.05) is 11.9 Å². The minimum atomic E-state index is -1.51. The lowest BCUT2D eigenvalue weighted by Gasteiger charge is -2.26. The van der Waals surface area contributed by atoms with Gasteiger partial charge in [-0.2, -0.15) is 0 Å². The molecular formula is C12H15FN2O5. The van der Waals surface area contributed by atoms with Crippen LogP contribution in [0.5, 0.6) is 0 Å². The number of nitrogens with zero attached hydrogens (tertiary/aromatic N) is 1. The predicted octanol–water partition coefficient (Wildman–Crippen LogP) is 2.00. The van der Waals surface area contributed by atoms with E-state index >= 15 is 0 Å². The number of hydrogen-bond acceptors (Lipinski definition) is 5. The highest BCUT2D eigenvalue weighted by molar-refractivity contribution is 5.90. The largest absolute Gasteiger partial charge is 0.478 e. The van der Waals surface area contributed by atoms with Crippen LogP contribution in [0.4, 0.5) is 15.8 Å². The number of rotatable bonds is 6. The predicted molar refractivity (Wildman–Crippen MR) is 69.4 cm³/mol. The van der Waals surface area contributed by atoms with Crippen molar-refractivity contribution in [3.63, 3.8) is 0 Å². The van der Waals surface area contributed by atoms with Crippen molar-refractivity contribution < 1.29 is 24.3 Å². The maximum Gasteiger partial charge on any atom is 0.338 e. The molecule has 7 nitrogen and oxygen atoms in total. The fraction of sp³-hybridized carbons (Fsp3) is 0.417. The summed E-state index contributed by atoms with van der Waals surface area (Å²) in [6, 6.07) is 1.45. The van der Waals surface area contributed by atoms with Crippen LogP contribution in [0.3, 0.4) is 0 Å². The van der Waals surface area contributed by atoms with Crippen LogP contribution >= 0.6 is 0 Å². The lowest BCUT2D eigenvalue weighted by Crippen LogP contribution is -2.32. The van der Waals surface area contributed by atoms with Gasteiger partial charge in [-0.1, -0.05) is 0 Å². The smallest absolute Gasteiger partial charge is 0.338 e. The molecule has 0 spiro atoms. The molecule has 0 saturated heterocycles. The number of carboxylic acid groups (broad SMARTS) is 1. The van der Waals surface area contributed by atoms with Gasteiger partial charge in [0, 0.05) is 12.1 Å². The zero-order chi connectivity index (χ0) is 15.5. The summed E-state index contributed by atoms with van der Waals surface area (Å²) in [5.74, 6) is -2.69. The Morgan fingerprint density at radius 1 is 1.50 bits per heavy atom. The van der Waals surface area contributed by atoms with Gasteiger partial charge in [0.2, 0.25) is 0 Å². The number of hydrogen-bond donors (Lipinski definition) is 3. The first-order chi connectivity index (χ1) is 9.18. The molecule has 0 atom stereocenters. The van der Waals surface area contributed by atoms with Crippen molar-refractivity contribution in [1.29, 1.82) is 0 Å². The first kappa shape index (κ1) is 15.8. The minimum Gasteiger partial charge on any atom is -0.478 e. The number of nitro groups is 1. The first-order valence-corrected chi connectivity index (χ1v) is 5.78. The molecule has 1 aromatic carbocycles. The monoisotopic (exact) mass is 286 g/mol. The van der Waals surface area contributed by atoms with E-state index in [1.54, 1.807) is 13.8 Å². The minimum absolute atomic E-state index is 0.104. The molecule has 0 fully saturated rings. The van der Waals surface area contributed by atoms with E-state index in [-0.39, 0.29) is 18.7 Å². The second-order valence-corrected chi connectivity index (χ2v) is 4.89. The number of nitrogens with one attached hydrogen (secondary N) is 1. The van der Waals surface area contributed by atoms with Crippen LogP contribution in [0.1, 0.15) is 30.6 Å². The molecule has 1 aromatic rings. The molecule has 20 heavy (non-hydrogen) atoms. The highest BCUT2D eigenvalue weighted by Gasteiger charge is 2.26. The lowest BCUT2D eigenvalue weighted by atomic mass is 10.00. The summed E-state index contributed by atoms with van der Waals surface area (Å²) in [5, 5.41) is 31.4. The maximum atomic E-state index is 13.5. The van der Waals surface area contributed by atoms with Crippen molar-refractivity contribution in [1.82, 2.24) is 0 Å². The molecule has 0 aromatic heterocycles. The summed E-state index contributed by atoms with van der Waals surface area (Å²) in [7, 11) is 0. The second-order valence-electron chi connectivity index (χ2n) is 4.89. The number of aliphatic hydroxyl groups is 1. The van der Waals surface area contributed by atoms with Crippen LogP contribution in [-0.2, 0) is 0 Å². The van der Waals surface area contributed by atoms with Gasteiger partial charge in [-0.3, -0.25) is 10.1 Å². The molecule has 0 unspecified atom stereocenters. The van der Waals surface area contributed by atoms with Gasteiger partial charge in [-0.15, -0.1) is 0 Å². The molecule has 8 heteroatoms. The summed E-state index contributed by atoms with van der Waals surface area (Å²) in [6.45, 7) is 3.20. The average molecular weight is 286 g/mol. The Morgan fingerprint density at radius 2 is 2.10 bits per heavy atom. The maximum absolute atomic E-state index is 13.5. The number of aliphatic hydroxyl groups excluding tert-OH is 1. The fourth-order valence-corrected chi connectivity index (χ4v) is 1.68. The van der Waals surface area contributed by atoms with Gasteiger partial charge in [0.05, 0.1) is 16.6 Å². The number of aromatic carboxylic acids is 1. The third kappa shape index (κ3) is 3.64. The van der Waals surface area contributed by atoms with Crippen molar-refractivity contribution in [2.45, 2.75) is 25.8 Å². The number of halogens is 1. The highest BCUT2D eigenvalue weighted by Crippen LogP contribution is 2.31. The third-order valence-corrected chi connectivity index (χ3v) is 2.72. The average Bonchev–Trinajstić information content (AvgIpc) is 2.29. The Hall–Kier alpha value is -2.22. The number of anilines is 1. The topological polar surface area (TPSA) is 113 Å². The number of carboxylic acids is 1. The molecule has 0 bridgehead atoms. The molecule has 110 valence electrons. The second kappa shape index (κ2) is 5.83. The van der Waals surface area contributed by atoms with Crippen molar-refractivity contribution >= 4 is 17.3 Å². The first-order valence-electron chi connectivity index (χ1n) is 5.78. The Bertz CT molecular complexity index is 545. The van der Waals surface area contributed by atoms with Gasteiger partial charge in [0.15, 0.2) is 0 Å². The van der Waals surface area contributed by atoms with E-state index in [0.29, 0.717) is 6.07 Å². The van der Waals surface area contributed by atoms with Gasteiger partial charge < -0.3 is 15.5 Å². The van der Waals surface area contributed by atoms with Crippen molar-refractivity contribution in [2.24, 2.45) is 0 Å². The SMILES string of the molecule is CC(C)(CCO)Nc1cc(C(=O)O)c(F)cc1[N+](=O)[O-]. The standard InChI is InChI=1S/C12H15FN2O5/c1-12(2,3-4-16)14-9-5-7(11(17)18)8(13)6-10(9)15(19)20/h5-6,14,16H,3-4H2,1-2H3,(H,17,18). The van der Waals surface area contributed by atoms with Crippen LogP contribution in [0.15, 0.2) is 12.1 Å². The Labute approximate surface area is 114 Å². The summed E-state index contributed by atoms with van der Waals surface area (Å²) >= 11 is 0. The van der Waals surface area contributed by atoms with Crippen LogP contribution < -0.4 is 5.32 Å². The fourth-order valence-electron chi connectivity index (χ4n) is 1.68. The number of carbonyl (C=O) groups is 1. The van der Waals surface area contributed by atoms with E-state index in [1.165, 1.54) is 0 Å². The van der Waals surface area contributed by atoms with Crippen molar-refractivity contribution in [3.05, 3.63) is 33.6 Å². The molecule has 3 N–H and O–H groups in total. The molecule has 0 amide bonds. The molecule has 0 aliphatic carbocycles. The molecule has 0 heterocycles. The van der Waals surface area contributed by atoms with Gasteiger partial charge in [-0.05, 0) is 26.3 Å². The zero-order valence-electron chi connectivity index (χ0n) is 11.0. The molecule has 0 radical (unpaired) electrons. The van der Waals surface area contributed by atoms with Crippen LogP contribution in [0.25, 0.3) is 0 Å². The third-order valence-electron chi connectivity index (χ3n) is 2.72. The van der Waals surface area contributed by atoms with E-state index in [0.717, 1.165) is 6.07 Å². The number of benzene rings is 1. The normalized spacial score (nSPS) is 11.2. The summed E-state index contributed by atoms with van der Waals surface area (Å²) < 4.78 is 13.5. The van der Waals surface area contributed by atoms with E-state index < -0.39 is 33.5 Å². The Balaban J connectivity index is 3.31. The van der Waals surface area contributed by atoms with Crippen LogP contribution in [0, 0.1) is 15.9 Å². The van der Waals surface area contributed by atoms with Gasteiger partial charge in [0.25, 0.3) is 5.69 Å². The molecule has 1 rings (SSSR count). The molecule has 0 aliphatic rings. The Morgan fingerprint density at radius 3 is 2.55 bits per heavy atom. The van der Waals surface area contributed by atoms with Crippen LogP contribution in [0.2, 0.25) is 0 Å².